The molecule has 0 aliphatic carbocycles. The van der Waals surface area contributed by atoms with Crippen molar-refractivity contribution in [2.45, 2.75) is 161 Å². The van der Waals surface area contributed by atoms with Crippen molar-refractivity contribution in [3.05, 3.63) is 0 Å². The maximum atomic E-state index is 12.2. The Labute approximate surface area is 230 Å². The van der Waals surface area contributed by atoms with Gasteiger partial charge >= 0.3 is 11.9 Å². The van der Waals surface area contributed by atoms with Gasteiger partial charge in [0.1, 0.15) is 6.54 Å². The van der Waals surface area contributed by atoms with Crippen LogP contribution in [0.5, 0.6) is 0 Å². The van der Waals surface area contributed by atoms with E-state index in [-0.39, 0.29) is 12.4 Å². The van der Waals surface area contributed by atoms with Gasteiger partial charge in [-0.2, -0.15) is 0 Å². The van der Waals surface area contributed by atoms with Crippen molar-refractivity contribution in [2.75, 3.05) is 27.7 Å². The summed E-state index contributed by atoms with van der Waals surface area (Å²) in [6, 6.07) is 0. The monoisotopic (exact) mass is 526 g/mol. The van der Waals surface area contributed by atoms with E-state index in [9.17, 15) is 9.59 Å². The van der Waals surface area contributed by atoms with Crippen LogP contribution in [0.3, 0.4) is 0 Å². The summed E-state index contributed by atoms with van der Waals surface area (Å²) in [4.78, 5) is 23.3. The highest BCUT2D eigenvalue weighted by molar-refractivity contribution is 5.71. The molecule has 5 heteroatoms. The molecule has 0 radical (unpaired) electrons. The molecule has 0 aliphatic heterocycles. The normalized spacial score (nSPS) is 13.4. The van der Waals surface area contributed by atoms with E-state index in [1.807, 2.05) is 21.1 Å². The van der Waals surface area contributed by atoms with E-state index in [0.29, 0.717) is 23.4 Å². The number of unbranched alkanes of at least 4 members (excludes halogenated alkanes) is 16. The molecule has 0 rings (SSSR count). The fourth-order valence-electron chi connectivity index (χ4n) is 5.14. The second-order valence-corrected chi connectivity index (χ2v) is 12.6. The highest BCUT2D eigenvalue weighted by Crippen LogP contribution is 2.19. The van der Waals surface area contributed by atoms with Gasteiger partial charge in [0.15, 0.2) is 6.10 Å². The second-order valence-electron chi connectivity index (χ2n) is 12.6. The van der Waals surface area contributed by atoms with E-state index in [1.165, 1.54) is 109 Å². The van der Waals surface area contributed by atoms with Crippen molar-refractivity contribution < 1.29 is 23.9 Å². The maximum Gasteiger partial charge on any atom is 0.307 e. The molecule has 37 heavy (non-hydrogen) atoms. The van der Waals surface area contributed by atoms with Crippen LogP contribution in [0, 0.1) is 5.92 Å². The summed E-state index contributed by atoms with van der Waals surface area (Å²) in [5.41, 5.74) is 0. The Hall–Kier alpha value is -1.10. The molecule has 0 aromatic heterocycles. The van der Waals surface area contributed by atoms with Gasteiger partial charge in [0.2, 0.25) is 0 Å². The minimum Gasteiger partial charge on any atom is -0.481 e. The van der Waals surface area contributed by atoms with Crippen LogP contribution in [0.1, 0.15) is 155 Å². The number of rotatable bonds is 27. The predicted molar refractivity (Wildman–Crippen MR) is 157 cm³/mol. The number of aliphatic carboxylic acids is 1. The third kappa shape index (κ3) is 27.7. The zero-order chi connectivity index (χ0) is 27.8. The van der Waals surface area contributed by atoms with Gasteiger partial charge in [-0.3, -0.25) is 9.59 Å². The molecule has 0 saturated carbocycles. The Morgan fingerprint density at radius 3 is 1.49 bits per heavy atom. The molecule has 0 saturated heterocycles. The van der Waals surface area contributed by atoms with Gasteiger partial charge in [0, 0.05) is 6.42 Å². The minimum atomic E-state index is -0.922. The summed E-state index contributed by atoms with van der Waals surface area (Å²) >= 11 is 0. The molecule has 0 amide bonds. The number of hydrogen-bond acceptors (Lipinski definition) is 3. The van der Waals surface area contributed by atoms with Crippen molar-refractivity contribution in [1.29, 1.82) is 0 Å². The molecular weight excluding hydrogens is 462 g/mol. The molecule has 0 aromatic rings. The van der Waals surface area contributed by atoms with E-state index in [2.05, 4.69) is 13.8 Å². The van der Waals surface area contributed by atoms with Gasteiger partial charge in [-0.05, 0) is 12.3 Å². The highest BCUT2D eigenvalue weighted by Gasteiger charge is 2.24. The zero-order valence-electron chi connectivity index (χ0n) is 25.5. The first kappa shape index (κ1) is 35.9. The number of nitrogens with zero attached hydrogens (tertiary/aromatic N) is 1. The number of likely N-dealkylation sites (N-methyl/N-ethyl adjacent to an activating group) is 1. The Balaban J connectivity index is 3.55. The van der Waals surface area contributed by atoms with Crippen LogP contribution >= 0.6 is 0 Å². The van der Waals surface area contributed by atoms with Gasteiger partial charge in [0.25, 0.3) is 0 Å². The smallest absolute Gasteiger partial charge is 0.307 e. The van der Waals surface area contributed by atoms with Crippen LogP contribution in [-0.4, -0.2) is 55.3 Å². The minimum absolute atomic E-state index is 0.127. The lowest BCUT2D eigenvalue weighted by molar-refractivity contribution is -0.873. The summed E-state index contributed by atoms with van der Waals surface area (Å²) in [5, 5.41) is 9.08. The number of carbonyl (C=O) groups excluding carboxylic acids is 1. The molecule has 1 N–H and O–H groups in total. The number of ether oxygens (including phenoxy) is 1. The van der Waals surface area contributed by atoms with Gasteiger partial charge in [0.05, 0.1) is 27.6 Å². The van der Waals surface area contributed by atoms with E-state index in [4.69, 9.17) is 9.84 Å². The second kappa shape index (κ2) is 24.0. The SMILES string of the molecule is CCCCCCCCCCCCCCCCCCC(C)CCCCC(=O)OC(CC(=O)O)C[N+](C)(C)C. The lowest BCUT2D eigenvalue weighted by Gasteiger charge is -2.28. The fraction of sp³-hybridized carbons (Fsp3) is 0.938. The third-order valence-electron chi connectivity index (χ3n) is 7.33. The van der Waals surface area contributed by atoms with Crippen LogP contribution < -0.4 is 0 Å². The Bertz CT molecular complexity index is 543. The van der Waals surface area contributed by atoms with Gasteiger partial charge in [-0.25, -0.2) is 0 Å². The van der Waals surface area contributed by atoms with Gasteiger partial charge in [-0.15, -0.1) is 0 Å². The van der Waals surface area contributed by atoms with Crippen molar-refractivity contribution in [3.63, 3.8) is 0 Å². The van der Waals surface area contributed by atoms with Crippen LogP contribution in [0.25, 0.3) is 0 Å². The molecule has 0 heterocycles. The van der Waals surface area contributed by atoms with E-state index >= 15 is 0 Å². The number of carbonyl (C=O) groups is 2. The van der Waals surface area contributed by atoms with Crippen molar-refractivity contribution >= 4 is 11.9 Å². The van der Waals surface area contributed by atoms with E-state index in [0.717, 1.165) is 19.3 Å². The lowest BCUT2D eigenvalue weighted by Crippen LogP contribution is -2.43. The van der Waals surface area contributed by atoms with Crippen molar-refractivity contribution in [2.24, 2.45) is 5.92 Å². The molecular formula is C32H64NO4+. The topological polar surface area (TPSA) is 63.6 Å². The van der Waals surface area contributed by atoms with Gasteiger partial charge in [-0.1, -0.05) is 136 Å². The Kier molecular flexibility index (Phi) is 23.3. The highest BCUT2D eigenvalue weighted by atomic mass is 16.5. The van der Waals surface area contributed by atoms with Gasteiger partial charge < -0.3 is 14.3 Å². The molecule has 0 fully saturated rings. The molecule has 0 bridgehead atoms. The Morgan fingerprint density at radius 2 is 1.08 bits per heavy atom. The number of carboxylic acid groups (broad SMARTS) is 1. The molecule has 0 spiro atoms. The van der Waals surface area contributed by atoms with Crippen LogP contribution in [0.4, 0.5) is 0 Å². The first-order chi connectivity index (χ1) is 17.6. The fourth-order valence-corrected chi connectivity index (χ4v) is 5.14. The average molecular weight is 527 g/mol. The average Bonchev–Trinajstić information content (AvgIpc) is 2.80. The summed E-state index contributed by atoms with van der Waals surface area (Å²) in [5.74, 6) is -0.472. The summed E-state index contributed by atoms with van der Waals surface area (Å²) in [6.07, 6.45) is 26.5. The molecule has 0 aromatic carbocycles. The third-order valence-corrected chi connectivity index (χ3v) is 7.33. The lowest BCUT2D eigenvalue weighted by atomic mass is 9.96. The quantitative estimate of drug-likeness (QED) is 0.0659. The number of quaternary nitrogens is 1. The maximum absolute atomic E-state index is 12.2. The number of carboxylic acids is 1. The molecule has 2 unspecified atom stereocenters. The summed E-state index contributed by atoms with van der Waals surface area (Å²) in [6.45, 7) is 5.12. The molecule has 220 valence electrons. The van der Waals surface area contributed by atoms with E-state index in [1.54, 1.807) is 0 Å². The van der Waals surface area contributed by atoms with Crippen molar-refractivity contribution in [1.82, 2.24) is 0 Å². The standard InChI is InChI=1S/C32H63NO4/c1-6-7-8-9-10-11-12-13-14-15-16-17-18-19-20-21-24-29(2)25-22-23-26-32(36)37-30(27-31(34)35)28-33(3,4)5/h29-30H,6-28H2,1-5H3/p+1. The molecule has 2 atom stereocenters. The largest absolute Gasteiger partial charge is 0.481 e. The first-order valence-corrected chi connectivity index (χ1v) is 15.9. The first-order valence-electron chi connectivity index (χ1n) is 15.9. The Morgan fingerprint density at radius 1 is 0.676 bits per heavy atom. The molecule has 5 nitrogen and oxygen atoms in total. The molecule has 0 aliphatic rings. The predicted octanol–water partition coefficient (Wildman–Crippen LogP) is 8.93. The summed E-state index contributed by atoms with van der Waals surface area (Å²) in [7, 11) is 5.93. The van der Waals surface area contributed by atoms with Crippen LogP contribution in [-0.2, 0) is 14.3 Å². The van der Waals surface area contributed by atoms with Crippen LogP contribution in [0.15, 0.2) is 0 Å². The number of hydrogen-bond donors (Lipinski definition) is 1. The van der Waals surface area contributed by atoms with Crippen molar-refractivity contribution in [3.8, 4) is 0 Å². The summed E-state index contributed by atoms with van der Waals surface area (Å²) < 4.78 is 6.04. The van der Waals surface area contributed by atoms with Crippen LogP contribution in [0.2, 0.25) is 0 Å². The van der Waals surface area contributed by atoms with E-state index < -0.39 is 12.1 Å². The zero-order valence-corrected chi connectivity index (χ0v) is 25.5. The number of esters is 1.